The van der Waals surface area contributed by atoms with E-state index in [1.54, 1.807) is 0 Å². The Morgan fingerprint density at radius 1 is 1.56 bits per heavy atom. The predicted octanol–water partition coefficient (Wildman–Crippen LogP) is 2.76. The molecule has 9 heavy (non-hydrogen) atoms. The van der Waals surface area contributed by atoms with E-state index in [9.17, 15) is 0 Å². The predicted molar refractivity (Wildman–Crippen MR) is 42.1 cm³/mol. The van der Waals surface area contributed by atoms with Gasteiger partial charge in [-0.25, -0.2) is 0 Å². The molecule has 0 aromatic heterocycles. The van der Waals surface area contributed by atoms with Crippen molar-refractivity contribution in [1.29, 1.82) is 0 Å². The minimum atomic E-state index is 0.975. The van der Waals surface area contributed by atoms with Crippen molar-refractivity contribution in [3.63, 3.8) is 0 Å². The number of allylic oxidation sites excluding steroid dienone is 1. The average Bonchev–Trinajstić information content (AvgIpc) is 1.89. The molecule has 0 unspecified atom stereocenters. The van der Waals surface area contributed by atoms with E-state index >= 15 is 0 Å². The molecule has 0 aliphatic heterocycles. The van der Waals surface area contributed by atoms with Crippen LogP contribution < -0.4 is 0 Å². The van der Waals surface area contributed by atoms with E-state index in [1.807, 2.05) is 6.92 Å². The summed E-state index contributed by atoms with van der Waals surface area (Å²) >= 11 is 0. The maximum Gasteiger partial charge on any atom is 0.0126 e. The van der Waals surface area contributed by atoms with Gasteiger partial charge in [0.1, 0.15) is 0 Å². The molecule has 0 rings (SSSR count). The minimum absolute atomic E-state index is 0.975. The lowest BCUT2D eigenvalue weighted by atomic mass is 10.1. The van der Waals surface area contributed by atoms with Crippen molar-refractivity contribution in [2.24, 2.45) is 0 Å². The summed E-state index contributed by atoms with van der Waals surface area (Å²) in [5.74, 6) is 5.86. The molecule has 0 N–H and O–H groups in total. The average molecular weight is 122 g/mol. The van der Waals surface area contributed by atoms with Gasteiger partial charge >= 0.3 is 0 Å². The van der Waals surface area contributed by atoms with Crippen molar-refractivity contribution in [3.8, 4) is 11.8 Å². The third-order valence-electron chi connectivity index (χ3n) is 1.28. The van der Waals surface area contributed by atoms with Crippen molar-refractivity contribution in [3.05, 3.63) is 12.2 Å². The number of hydrogen-bond acceptors (Lipinski definition) is 0. The van der Waals surface area contributed by atoms with Crippen molar-refractivity contribution >= 4 is 0 Å². The molecular weight excluding hydrogens is 108 g/mol. The first-order valence-corrected chi connectivity index (χ1v) is 3.37. The summed E-state index contributed by atoms with van der Waals surface area (Å²) < 4.78 is 0. The molecule has 0 bridgehead atoms. The van der Waals surface area contributed by atoms with E-state index in [4.69, 9.17) is 0 Å². The van der Waals surface area contributed by atoms with Crippen LogP contribution in [-0.2, 0) is 0 Å². The topological polar surface area (TPSA) is 0 Å². The molecule has 0 radical (unpaired) electrons. The molecule has 0 saturated carbocycles. The Kier molecular flexibility index (Phi) is 5.01. The summed E-state index contributed by atoms with van der Waals surface area (Å²) in [6, 6.07) is 0. The molecule has 0 heterocycles. The van der Waals surface area contributed by atoms with Crippen LogP contribution in [0.4, 0.5) is 0 Å². The van der Waals surface area contributed by atoms with Crippen LogP contribution in [-0.4, -0.2) is 0 Å². The summed E-state index contributed by atoms with van der Waals surface area (Å²) in [5.41, 5.74) is 1.30. The molecule has 0 amide bonds. The van der Waals surface area contributed by atoms with Crippen LogP contribution in [0, 0.1) is 11.8 Å². The minimum Gasteiger partial charge on any atom is -0.107 e. The zero-order chi connectivity index (χ0) is 7.11. The molecular formula is C9H14. The first-order chi connectivity index (χ1) is 4.31. The summed E-state index contributed by atoms with van der Waals surface area (Å²) in [6.07, 6.45) is 3.13. The fraction of sp³-hybridized carbons (Fsp3) is 0.556. The lowest BCUT2D eigenvalue weighted by Crippen LogP contribution is -1.75. The number of hydrogen-bond donors (Lipinski definition) is 0. The fourth-order valence-electron chi connectivity index (χ4n) is 0.541. The highest BCUT2D eigenvalue weighted by Crippen LogP contribution is 2.04. The van der Waals surface area contributed by atoms with Crippen molar-refractivity contribution in [1.82, 2.24) is 0 Å². The summed E-state index contributed by atoms with van der Waals surface area (Å²) in [5, 5.41) is 0. The van der Waals surface area contributed by atoms with Crippen molar-refractivity contribution < 1.29 is 0 Å². The zero-order valence-corrected chi connectivity index (χ0v) is 6.33. The first kappa shape index (κ1) is 8.30. The molecule has 0 spiro atoms. The summed E-state index contributed by atoms with van der Waals surface area (Å²) in [4.78, 5) is 0. The largest absolute Gasteiger partial charge is 0.107 e. The Morgan fingerprint density at radius 2 is 2.22 bits per heavy atom. The van der Waals surface area contributed by atoms with Gasteiger partial charge < -0.3 is 0 Å². The van der Waals surface area contributed by atoms with E-state index in [0.29, 0.717) is 0 Å². The Labute approximate surface area is 58.0 Å². The van der Waals surface area contributed by atoms with Crippen LogP contribution in [0.3, 0.4) is 0 Å². The van der Waals surface area contributed by atoms with Gasteiger partial charge in [-0.1, -0.05) is 19.1 Å². The molecule has 0 atom stereocenters. The lowest BCUT2D eigenvalue weighted by Gasteiger charge is -1.94. The first-order valence-electron chi connectivity index (χ1n) is 3.37. The standard InChI is InChI=1S/C9H14/c1-4-6-7-8-9(3)5-2/h3,5,7-8H2,1-2H3. The third kappa shape index (κ3) is 5.17. The van der Waals surface area contributed by atoms with Crippen molar-refractivity contribution in [2.75, 3.05) is 0 Å². The molecule has 0 aromatic rings. The fourth-order valence-corrected chi connectivity index (χ4v) is 0.541. The molecule has 0 fully saturated rings. The maximum absolute atomic E-state index is 3.88. The highest BCUT2D eigenvalue weighted by molar-refractivity contribution is 5.01. The van der Waals surface area contributed by atoms with Crippen molar-refractivity contribution in [2.45, 2.75) is 33.1 Å². The van der Waals surface area contributed by atoms with E-state index in [-0.39, 0.29) is 0 Å². The Balaban J connectivity index is 3.24. The maximum atomic E-state index is 3.88. The molecule has 0 nitrogen and oxygen atoms in total. The highest BCUT2D eigenvalue weighted by Gasteiger charge is 1.85. The van der Waals surface area contributed by atoms with E-state index < -0.39 is 0 Å². The molecule has 0 aliphatic carbocycles. The lowest BCUT2D eigenvalue weighted by molar-refractivity contribution is 0.930. The van der Waals surface area contributed by atoms with Gasteiger partial charge in [0.2, 0.25) is 0 Å². The van der Waals surface area contributed by atoms with E-state index in [0.717, 1.165) is 19.3 Å². The third-order valence-corrected chi connectivity index (χ3v) is 1.28. The molecule has 0 aromatic carbocycles. The molecule has 0 aliphatic rings. The van der Waals surface area contributed by atoms with Gasteiger partial charge in [-0.15, -0.1) is 11.8 Å². The van der Waals surface area contributed by atoms with Crippen LogP contribution >= 0.6 is 0 Å². The SMILES string of the molecule is C=C(CC)CCC#CC. The van der Waals surface area contributed by atoms with Crippen LogP contribution in [0.15, 0.2) is 12.2 Å². The monoisotopic (exact) mass is 122 g/mol. The van der Waals surface area contributed by atoms with E-state index in [1.165, 1.54) is 5.57 Å². The van der Waals surface area contributed by atoms with Gasteiger partial charge in [-0.3, -0.25) is 0 Å². The van der Waals surface area contributed by atoms with Gasteiger partial charge in [0, 0.05) is 6.42 Å². The van der Waals surface area contributed by atoms with Gasteiger partial charge in [-0.2, -0.15) is 0 Å². The normalized spacial score (nSPS) is 7.78. The molecule has 0 saturated heterocycles. The van der Waals surface area contributed by atoms with Gasteiger partial charge in [-0.05, 0) is 19.8 Å². The Hall–Kier alpha value is -0.700. The molecule has 50 valence electrons. The molecule has 0 heteroatoms. The van der Waals surface area contributed by atoms with Crippen LogP contribution in [0.1, 0.15) is 33.1 Å². The second-order valence-corrected chi connectivity index (χ2v) is 2.03. The Morgan fingerprint density at radius 3 is 2.67 bits per heavy atom. The zero-order valence-electron chi connectivity index (χ0n) is 6.33. The van der Waals surface area contributed by atoms with Crippen LogP contribution in [0.2, 0.25) is 0 Å². The highest BCUT2D eigenvalue weighted by atomic mass is 13.9. The second kappa shape index (κ2) is 5.44. The number of rotatable bonds is 3. The summed E-state index contributed by atoms with van der Waals surface area (Å²) in [7, 11) is 0. The van der Waals surface area contributed by atoms with Gasteiger partial charge in [0.15, 0.2) is 0 Å². The second-order valence-electron chi connectivity index (χ2n) is 2.03. The Bertz CT molecular complexity index is 132. The van der Waals surface area contributed by atoms with Crippen LogP contribution in [0.25, 0.3) is 0 Å². The van der Waals surface area contributed by atoms with Crippen LogP contribution in [0.5, 0.6) is 0 Å². The smallest absolute Gasteiger partial charge is 0.0126 e. The van der Waals surface area contributed by atoms with Gasteiger partial charge in [0.05, 0.1) is 0 Å². The quantitative estimate of drug-likeness (QED) is 0.399. The van der Waals surface area contributed by atoms with Gasteiger partial charge in [0.25, 0.3) is 0 Å². The summed E-state index contributed by atoms with van der Waals surface area (Å²) in [6.45, 7) is 7.87. The van der Waals surface area contributed by atoms with E-state index in [2.05, 4.69) is 25.3 Å².